The van der Waals surface area contributed by atoms with Gasteiger partial charge >= 0.3 is 0 Å². The molecule has 0 aliphatic carbocycles. The smallest absolute Gasteiger partial charge is 0.268 e. The number of nitrogens with one attached hydrogen (secondary N) is 2. The number of rotatable bonds is 4. The van der Waals surface area contributed by atoms with Gasteiger partial charge in [-0.2, -0.15) is 0 Å². The summed E-state index contributed by atoms with van der Waals surface area (Å²) in [6.07, 6.45) is 1.47. The monoisotopic (exact) mass is 246 g/mol. The number of hydroxylamine groups is 1. The van der Waals surface area contributed by atoms with E-state index >= 15 is 0 Å². The molecular formula is C13H14N2O3. The lowest BCUT2D eigenvalue weighted by atomic mass is 10.1. The summed E-state index contributed by atoms with van der Waals surface area (Å²) in [4.78, 5) is 27.9. The molecule has 1 fully saturated rings. The van der Waals surface area contributed by atoms with Crippen molar-refractivity contribution in [1.82, 2.24) is 10.8 Å². The lowest BCUT2D eigenvalue weighted by Crippen LogP contribution is -2.36. The van der Waals surface area contributed by atoms with Crippen LogP contribution in [0.2, 0.25) is 0 Å². The van der Waals surface area contributed by atoms with E-state index in [1.807, 2.05) is 18.2 Å². The molecule has 1 atom stereocenters. The predicted octanol–water partition coefficient (Wildman–Crippen LogP) is 0.793. The molecule has 0 saturated carbocycles. The molecule has 0 aromatic heterocycles. The van der Waals surface area contributed by atoms with Crippen molar-refractivity contribution < 1.29 is 14.4 Å². The average molecular weight is 246 g/mol. The van der Waals surface area contributed by atoms with E-state index in [0.29, 0.717) is 11.3 Å². The summed E-state index contributed by atoms with van der Waals surface area (Å²) in [6.45, 7) is 2.00. The molecule has 2 rings (SSSR count). The molecule has 2 N–H and O–H groups in total. The van der Waals surface area contributed by atoms with Crippen molar-refractivity contribution in [2.45, 2.75) is 13.0 Å². The lowest BCUT2D eigenvalue weighted by molar-refractivity contribution is -0.125. The van der Waals surface area contributed by atoms with Crippen molar-refractivity contribution in [2.75, 3.05) is 6.61 Å². The molecule has 5 heteroatoms. The van der Waals surface area contributed by atoms with Crippen LogP contribution in [0.25, 0.3) is 0 Å². The highest BCUT2D eigenvalue weighted by Gasteiger charge is 2.25. The van der Waals surface area contributed by atoms with Crippen molar-refractivity contribution in [3.63, 3.8) is 0 Å². The number of carbonyl (C=O) groups excluding carboxylic acids is 2. The first kappa shape index (κ1) is 12.3. The standard InChI is InChI=1S/C13H14N2O3/c1-9(14-11-8-18-15-13(11)17)7-12(16)10-5-3-2-4-6-10/h2-7,11,14H,8H2,1H3,(H,15,17)/b9-7+. The Morgan fingerprint density at radius 1 is 1.44 bits per heavy atom. The van der Waals surface area contributed by atoms with E-state index < -0.39 is 6.04 Å². The molecule has 1 heterocycles. The van der Waals surface area contributed by atoms with E-state index in [9.17, 15) is 9.59 Å². The van der Waals surface area contributed by atoms with Gasteiger partial charge < -0.3 is 5.32 Å². The summed E-state index contributed by atoms with van der Waals surface area (Å²) in [7, 11) is 0. The van der Waals surface area contributed by atoms with Crippen LogP contribution in [-0.2, 0) is 9.63 Å². The number of allylic oxidation sites excluding steroid dienone is 2. The Kier molecular flexibility index (Phi) is 3.74. The van der Waals surface area contributed by atoms with Crippen LogP contribution in [-0.4, -0.2) is 24.3 Å². The second-order valence-corrected chi connectivity index (χ2v) is 4.03. The SMILES string of the molecule is C/C(=C\C(=O)c1ccccc1)NC1CONC1=O. The largest absolute Gasteiger partial charge is 0.375 e. The minimum atomic E-state index is -0.440. The highest BCUT2D eigenvalue weighted by atomic mass is 16.7. The molecule has 1 aliphatic rings. The number of ketones is 1. The zero-order valence-electron chi connectivity index (χ0n) is 9.97. The minimum Gasteiger partial charge on any atom is -0.375 e. The molecule has 18 heavy (non-hydrogen) atoms. The zero-order valence-corrected chi connectivity index (χ0v) is 9.97. The van der Waals surface area contributed by atoms with Crippen LogP contribution >= 0.6 is 0 Å². The summed E-state index contributed by atoms with van der Waals surface area (Å²) in [5.74, 6) is -0.324. The molecular weight excluding hydrogens is 232 g/mol. The maximum absolute atomic E-state index is 11.9. The molecule has 1 saturated heterocycles. The zero-order chi connectivity index (χ0) is 13.0. The van der Waals surface area contributed by atoms with Crippen LogP contribution < -0.4 is 10.8 Å². The molecule has 1 aromatic rings. The summed E-state index contributed by atoms with van der Waals surface area (Å²) < 4.78 is 0. The Hall–Kier alpha value is -2.14. The van der Waals surface area contributed by atoms with E-state index in [-0.39, 0.29) is 18.3 Å². The molecule has 1 aromatic carbocycles. The number of amides is 1. The first-order valence-electron chi connectivity index (χ1n) is 5.62. The predicted molar refractivity (Wildman–Crippen MR) is 65.5 cm³/mol. The maximum atomic E-state index is 11.9. The number of hydrogen-bond acceptors (Lipinski definition) is 4. The molecule has 1 unspecified atom stereocenters. The third-order valence-electron chi connectivity index (χ3n) is 2.55. The first-order valence-corrected chi connectivity index (χ1v) is 5.62. The van der Waals surface area contributed by atoms with Gasteiger partial charge in [0.15, 0.2) is 5.78 Å². The topological polar surface area (TPSA) is 67.4 Å². The average Bonchev–Trinajstić information content (AvgIpc) is 2.76. The molecule has 0 spiro atoms. The van der Waals surface area contributed by atoms with E-state index in [2.05, 4.69) is 10.8 Å². The van der Waals surface area contributed by atoms with Crippen LogP contribution in [0.3, 0.4) is 0 Å². The van der Waals surface area contributed by atoms with Crippen LogP contribution in [0, 0.1) is 0 Å². The number of benzene rings is 1. The fourth-order valence-electron chi connectivity index (χ4n) is 1.65. The lowest BCUT2D eigenvalue weighted by Gasteiger charge is -2.09. The molecule has 94 valence electrons. The third-order valence-corrected chi connectivity index (χ3v) is 2.55. The first-order chi connectivity index (χ1) is 8.66. The Morgan fingerprint density at radius 2 is 2.17 bits per heavy atom. The van der Waals surface area contributed by atoms with Gasteiger partial charge in [-0.1, -0.05) is 30.3 Å². The van der Waals surface area contributed by atoms with Gasteiger partial charge in [0.25, 0.3) is 5.91 Å². The highest BCUT2D eigenvalue weighted by molar-refractivity contribution is 6.04. The van der Waals surface area contributed by atoms with Gasteiger partial charge in [-0.3, -0.25) is 14.4 Å². The van der Waals surface area contributed by atoms with Crippen molar-refractivity contribution in [3.05, 3.63) is 47.7 Å². The van der Waals surface area contributed by atoms with Crippen LogP contribution in [0.15, 0.2) is 42.1 Å². The molecule has 1 amide bonds. The van der Waals surface area contributed by atoms with Gasteiger partial charge in [0.1, 0.15) is 12.6 Å². The molecule has 1 aliphatic heterocycles. The summed E-state index contributed by atoms with van der Waals surface area (Å²) >= 11 is 0. The van der Waals surface area contributed by atoms with E-state index in [1.54, 1.807) is 19.1 Å². The van der Waals surface area contributed by atoms with E-state index in [4.69, 9.17) is 4.84 Å². The van der Waals surface area contributed by atoms with Crippen molar-refractivity contribution >= 4 is 11.7 Å². The fraction of sp³-hybridized carbons (Fsp3) is 0.231. The van der Waals surface area contributed by atoms with Gasteiger partial charge in [0, 0.05) is 17.3 Å². The second kappa shape index (κ2) is 5.46. The van der Waals surface area contributed by atoms with Gasteiger partial charge in [0.2, 0.25) is 0 Å². The summed E-state index contributed by atoms with van der Waals surface area (Å²) in [6, 6.07) is 8.52. The van der Waals surface area contributed by atoms with Crippen molar-refractivity contribution in [2.24, 2.45) is 0 Å². The molecule has 0 radical (unpaired) electrons. The fourth-order valence-corrected chi connectivity index (χ4v) is 1.65. The van der Waals surface area contributed by atoms with Gasteiger partial charge in [-0.15, -0.1) is 0 Å². The molecule has 5 nitrogen and oxygen atoms in total. The van der Waals surface area contributed by atoms with E-state index in [0.717, 1.165) is 0 Å². The van der Waals surface area contributed by atoms with Crippen molar-refractivity contribution in [3.8, 4) is 0 Å². The molecule has 0 bridgehead atoms. The normalized spacial score (nSPS) is 19.5. The quantitative estimate of drug-likeness (QED) is 0.609. The van der Waals surface area contributed by atoms with Gasteiger partial charge in [-0.05, 0) is 6.92 Å². The van der Waals surface area contributed by atoms with E-state index in [1.165, 1.54) is 6.08 Å². The Bertz CT molecular complexity index is 482. The summed E-state index contributed by atoms with van der Waals surface area (Å²) in [5, 5.41) is 2.93. The Labute approximate surface area is 105 Å². The number of carbonyl (C=O) groups is 2. The summed E-state index contributed by atoms with van der Waals surface area (Å²) in [5.41, 5.74) is 3.50. The third kappa shape index (κ3) is 2.95. The van der Waals surface area contributed by atoms with Crippen LogP contribution in [0.1, 0.15) is 17.3 Å². The van der Waals surface area contributed by atoms with Crippen LogP contribution in [0.4, 0.5) is 0 Å². The van der Waals surface area contributed by atoms with Crippen molar-refractivity contribution in [1.29, 1.82) is 0 Å². The van der Waals surface area contributed by atoms with Crippen LogP contribution in [0.5, 0.6) is 0 Å². The number of hydrogen-bond donors (Lipinski definition) is 2. The minimum absolute atomic E-state index is 0.0973. The Morgan fingerprint density at radius 3 is 2.78 bits per heavy atom. The maximum Gasteiger partial charge on any atom is 0.268 e. The van der Waals surface area contributed by atoms with Gasteiger partial charge in [-0.25, -0.2) is 5.48 Å². The highest BCUT2D eigenvalue weighted by Crippen LogP contribution is 2.04. The second-order valence-electron chi connectivity index (χ2n) is 4.03. The Balaban J connectivity index is 2.00. The van der Waals surface area contributed by atoms with Gasteiger partial charge in [0.05, 0.1) is 0 Å².